The third-order valence-corrected chi connectivity index (χ3v) is 4.48. The zero-order chi connectivity index (χ0) is 9.80. The lowest BCUT2D eigenvalue weighted by molar-refractivity contribution is 0.480. The fourth-order valence-corrected chi connectivity index (χ4v) is 3.58. The van der Waals surface area contributed by atoms with E-state index in [0.717, 1.165) is 5.92 Å². The first-order valence-corrected chi connectivity index (χ1v) is 6.95. The average molecular weight is 274 g/mol. The number of hydrogen-bond acceptors (Lipinski definition) is 2. The molecule has 2 rings (SSSR count). The van der Waals surface area contributed by atoms with Crippen molar-refractivity contribution in [1.29, 1.82) is 0 Å². The largest absolute Gasteiger partial charge is 0.316 e. The van der Waals surface area contributed by atoms with Gasteiger partial charge < -0.3 is 5.32 Å². The predicted molar refractivity (Wildman–Crippen MR) is 65.9 cm³/mol. The molecule has 0 aromatic carbocycles. The lowest BCUT2D eigenvalue weighted by atomic mass is 9.99. The molecule has 1 aliphatic heterocycles. The van der Waals surface area contributed by atoms with Gasteiger partial charge in [0.25, 0.3) is 0 Å². The van der Waals surface area contributed by atoms with Crippen LogP contribution in [0.5, 0.6) is 0 Å². The van der Waals surface area contributed by atoms with Crippen LogP contribution in [0.25, 0.3) is 0 Å². The first-order chi connectivity index (χ1) is 6.84. The van der Waals surface area contributed by atoms with Crippen LogP contribution < -0.4 is 5.32 Å². The van der Waals surface area contributed by atoms with Crippen molar-refractivity contribution in [2.75, 3.05) is 13.1 Å². The molecule has 1 aliphatic rings. The minimum Gasteiger partial charge on any atom is -0.316 e. The summed E-state index contributed by atoms with van der Waals surface area (Å²) in [4.78, 5) is 1.52. The van der Waals surface area contributed by atoms with Crippen LogP contribution >= 0.6 is 27.3 Å². The van der Waals surface area contributed by atoms with Gasteiger partial charge in [-0.2, -0.15) is 0 Å². The quantitative estimate of drug-likeness (QED) is 0.871. The van der Waals surface area contributed by atoms with Gasteiger partial charge in [0.1, 0.15) is 0 Å². The summed E-state index contributed by atoms with van der Waals surface area (Å²) >= 11 is 5.38. The highest BCUT2D eigenvalue weighted by molar-refractivity contribution is 9.10. The first-order valence-electron chi connectivity index (χ1n) is 5.28. The second-order valence-corrected chi connectivity index (χ2v) is 5.91. The van der Waals surface area contributed by atoms with Crippen LogP contribution in [0.15, 0.2) is 15.9 Å². The molecular formula is C11H16BrNS. The lowest BCUT2D eigenvalue weighted by Crippen LogP contribution is -2.21. The van der Waals surface area contributed by atoms with Crippen LogP contribution in [0, 0.1) is 5.92 Å². The Hall–Kier alpha value is 0.140. The molecule has 0 bridgehead atoms. The van der Waals surface area contributed by atoms with E-state index < -0.39 is 0 Å². The van der Waals surface area contributed by atoms with E-state index in [1.807, 2.05) is 11.3 Å². The molecule has 1 unspecified atom stereocenters. The lowest BCUT2D eigenvalue weighted by Gasteiger charge is -2.12. The molecule has 1 N–H and O–H groups in total. The van der Waals surface area contributed by atoms with Gasteiger partial charge in [0.2, 0.25) is 0 Å². The van der Waals surface area contributed by atoms with Gasteiger partial charge in [-0.15, -0.1) is 11.3 Å². The Morgan fingerprint density at radius 2 is 2.43 bits per heavy atom. The molecule has 0 radical (unpaired) electrons. The summed E-state index contributed by atoms with van der Waals surface area (Å²) in [5, 5.41) is 5.70. The molecule has 2 heterocycles. The number of nitrogens with one attached hydrogen (secondary N) is 1. The number of hydrogen-bond donors (Lipinski definition) is 1. The van der Waals surface area contributed by atoms with E-state index in [9.17, 15) is 0 Å². The topological polar surface area (TPSA) is 12.0 Å². The van der Waals surface area contributed by atoms with E-state index in [0.29, 0.717) is 0 Å². The summed E-state index contributed by atoms with van der Waals surface area (Å²) in [6.07, 6.45) is 5.39. The number of halogens is 1. The molecule has 14 heavy (non-hydrogen) atoms. The molecule has 1 fully saturated rings. The smallest absolute Gasteiger partial charge is 0.0285 e. The van der Waals surface area contributed by atoms with Crippen molar-refractivity contribution in [3.8, 4) is 0 Å². The van der Waals surface area contributed by atoms with Crippen LogP contribution in [0.4, 0.5) is 0 Å². The van der Waals surface area contributed by atoms with Crippen molar-refractivity contribution in [3.63, 3.8) is 0 Å². The maximum Gasteiger partial charge on any atom is 0.0285 e. The van der Waals surface area contributed by atoms with Crippen molar-refractivity contribution in [1.82, 2.24) is 5.32 Å². The Morgan fingerprint density at radius 3 is 3.21 bits per heavy atom. The van der Waals surface area contributed by atoms with Crippen molar-refractivity contribution < 1.29 is 0 Å². The van der Waals surface area contributed by atoms with Gasteiger partial charge in [0, 0.05) is 14.7 Å². The van der Waals surface area contributed by atoms with Crippen LogP contribution in [0.1, 0.15) is 24.1 Å². The average Bonchev–Trinajstić information content (AvgIpc) is 2.43. The summed E-state index contributed by atoms with van der Waals surface area (Å²) < 4.78 is 1.24. The second-order valence-electron chi connectivity index (χ2n) is 4.00. The first kappa shape index (κ1) is 10.7. The van der Waals surface area contributed by atoms with Crippen molar-refractivity contribution in [2.45, 2.75) is 25.7 Å². The third-order valence-electron chi connectivity index (χ3n) is 2.76. The number of thiophene rings is 1. The monoisotopic (exact) mass is 273 g/mol. The van der Waals surface area contributed by atoms with Gasteiger partial charge in [-0.3, -0.25) is 0 Å². The van der Waals surface area contributed by atoms with E-state index in [-0.39, 0.29) is 0 Å². The Labute approximate surface area is 98.0 Å². The van der Waals surface area contributed by atoms with E-state index in [1.165, 1.54) is 48.1 Å². The van der Waals surface area contributed by atoms with E-state index in [2.05, 4.69) is 32.7 Å². The highest BCUT2D eigenvalue weighted by Crippen LogP contribution is 2.24. The molecule has 3 heteroatoms. The van der Waals surface area contributed by atoms with E-state index >= 15 is 0 Å². The zero-order valence-electron chi connectivity index (χ0n) is 8.26. The SMILES string of the molecule is Brc1csc(CC2CCCCNC2)c1. The number of rotatable bonds is 2. The van der Waals surface area contributed by atoms with Crippen LogP contribution in [-0.4, -0.2) is 13.1 Å². The van der Waals surface area contributed by atoms with Crippen molar-refractivity contribution >= 4 is 27.3 Å². The van der Waals surface area contributed by atoms with E-state index in [4.69, 9.17) is 0 Å². The fraction of sp³-hybridized carbons (Fsp3) is 0.636. The molecule has 1 saturated heterocycles. The van der Waals surface area contributed by atoms with Crippen molar-refractivity contribution in [2.24, 2.45) is 5.92 Å². The summed E-state index contributed by atoms with van der Waals surface area (Å²) in [7, 11) is 0. The molecule has 1 aromatic rings. The van der Waals surface area contributed by atoms with Crippen LogP contribution in [-0.2, 0) is 6.42 Å². The molecule has 0 aliphatic carbocycles. The second kappa shape index (κ2) is 5.29. The van der Waals surface area contributed by atoms with Gasteiger partial charge in [0.05, 0.1) is 0 Å². The molecular weight excluding hydrogens is 258 g/mol. The fourth-order valence-electron chi connectivity index (χ4n) is 2.01. The molecule has 0 saturated carbocycles. The minimum atomic E-state index is 0.850. The van der Waals surface area contributed by atoms with Crippen LogP contribution in [0.3, 0.4) is 0 Å². The summed E-state index contributed by atoms with van der Waals surface area (Å²) in [6.45, 7) is 2.42. The molecule has 0 spiro atoms. The molecule has 78 valence electrons. The van der Waals surface area contributed by atoms with Gasteiger partial charge in [-0.25, -0.2) is 0 Å². The van der Waals surface area contributed by atoms with Crippen LogP contribution in [0.2, 0.25) is 0 Å². The summed E-state index contributed by atoms with van der Waals surface area (Å²) in [5.74, 6) is 0.850. The van der Waals surface area contributed by atoms with Gasteiger partial charge in [-0.05, 0) is 60.3 Å². The van der Waals surface area contributed by atoms with Gasteiger partial charge >= 0.3 is 0 Å². The maximum atomic E-state index is 3.52. The molecule has 0 amide bonds. The maximum absolute atomic E-state index is 3.52. The Balaban J connectivity index is 1.89. The van der Waals surface area contributed by atoms with E-state index in [1.54, 1.807) is 0 Å². The van der Waals surface area contributed by atoms with Gasteiger partial charge in [-0.1, -0.05) is 6.42 Å². The zero-order valence-corrected chi connectivity index (χ0v) is 10.7. The highest BCUT2D eigenvalue weighted by Gasteiger charge is 2.13. The normalized spacial score (nSPS) is 23.4. The van der Waals surface area contributed by atoms with Crippen molar-refractivity contribution in [3.05, 3.63) is 20.8 Å². The molecule has 1 nitrogen and oxygen atoms in total. The summed E-state index contributed by atoms with van der Waals surface area (Å²) in [6, 6.07) is 2.26. The minimum absolute atomic E-state index is 0.850. The highest BCUT2D eigenvalue weighted by atomic mass is 79.9. The Kier molecular flexibility index (Phi) is 4.02. The molecule has 1 atom stereocenters. The van der Waals surface area contributed by atoms with Gasteiger partial charge in [0.15, 0.2) is 0 Å². The summed E-state index contributed by atoms with van der Waals surface area (Å²) in [5.41, 5.74) is 0. The molecule has 1 aromatic heterocycles. The standard InChI is InChI=1S/C11H16BrNS/c12-10-6-11(14-8-10)5-9-3-1-2-4-13-7-9/h6,8-9,13H,1-5,7H2. The third kappa shape index (κ3) is 3.07. The Bertz CT molecular complexity index is 277. The predicted octanol–water partition coefficient (Wildman–Crippen LogP) is 3.44. The Morgan fingerprint density at radius 1 is 1.50 bits per heavy atom.